The van der Waals surface area contributed by atoms with E-state index in [1.807, 2.05) is 102 Å². The first-order valence-corrected chi connectivity index (χ1v) is 13.7. The Kier molecular flexibility index (Phi) is 69.9. The lowest BCUT2D eigenvalue weighted by Crippen LogP contribution is -1.83. The molecule has 218 valence electrons. The molecule has 0 bridgehead atoms. The van der Waals surface area contributed by atoms with Crippen molar-refractivity contribution in [3.8, 4) is 0 Å². The van der Waals surface area contributed by atoms with E-state index in [9.17, 15) is 0 Å². The van der Waals surface area contributed by atoms with E-state index in [2.05, 4.69) is 84.6 Å². The number of nitrogens with zero attached hydrogens (tertiary/aromatic N) is 1. The fraction of sp³-hybridized carbons (Fsp3) is 0.528. The van der Waals surface area contributed by atoms with Crippen LogP contribution in [0.2, 0.25) is 0 Å². The number of benzene rings is 2. The summed E-state index contributed by atoms with van der Waals surface area (Å²) in [4.78, 5) is 3.78. The first-order valence-electron chi connectivity index (χ1n) is 13.7. The minimum Gasteiger partial charge on any atom is -0.265 e. The standard InChI is InChI=1S/C9H12.C6H6.C5H5N.2C4H10.3C2H6.2CH4/c1-8(2)9-6-4-3-5-7-9;2*1-2-4-6-5-3-1;2*1-4(2)3;3*1-2;;/h3-8H,1-2H3;1-6H;1-5H;2*4H,1-3H3;3*1-2H3;2*1H4. The van der Waals surface area contributed by atoms with E-state index < -0.39 is 0 Å². The lowest BCUT2D eigenvalue weighted by molar-refractivity contribution is 0.736. The van der Waals surface area contributed by atoms with Crippen LogP contribution in [0.5, 0.6) is 0 Å². The number of aromatic nitrogens is 1. The molecular formula is C36H69N. The molecule has 0 aliphatic heterocycles. The molecule has 0 radical (unpaired) electrons. The van der Waals surface area contributed by atoms with Crippen molar-refractivity contribution in [2.45, 2.75) is 118 Å². The van der Waals surface area contributed by atoms with Crippen LogP contribution in [0.15, 0.2) is 97.3 Å². The third kappa shape index (κ3) is 71.9. The number of hydrogen-bond donors (Lipinski definition) is 0. The van der Waals surface area contributed by atoms with Gasteiger partial charge in [-0.2, -0.15) is 0 Å². The average molecular weight is 516 g/mol. The fourth-order valence-corrected chi connectivity index (χ4v) is 1.54. The van der Waals surface area contributed by atoms with Crippen molar-refractivity contribution in [3.05, 3.63) is 103 Å². The van der Waals surface area contributed by atoms with Gasteiger partial charge in [-0.15, -0.1) is 0 Å². The van der Waals surface area contributed by atoms with Crippen LogP contribution in [0.3, 0.4) is 0 Å². The molecule has 0 N–H and O–H groups in total. The molecule has 1 nitrogen and oxygen atoms in total. The van der Waals surface area contributed by atoms with Crippen molar-refractivity contribution >= 4 is 0 Å². The highest BCUT2D eigenvalue weighted by Gasteiger charge is 1.93. The zero-order valence-electron chi connectivity index (χ0n) is 25.9. The monoisotopic (exact) mass is 516 g/mol. The van der Waals surface area contributed by atoms with Crippen LogP contribution in [0, 0.1) is 11.8 Å². The average Bonchev–Trinajstić information content (AvgIpc) is 2.90. The second-order valence-corrected chi connectivity index (χ2v) is 8.21. The first-order chi connectivity index (χ1) is 16.8. The number of rotatable bonds is 1. The van der Waals surface area contributed by atoms with E-state index in [0.717, 1.165) is 11.8 Å². The van der Waals surface area contributed by atoms with Gasteiger partial charge in [-0.1, -0.05) is 185 Å². The highest BCUT2D eigenvalue weighted by atomic mass is 14.6. The second-order valence-electron chi connectivity index (χ2n) is 8.21. The number of pyridine rings is 1. The summed E-state index contributed by atoms with van der Waals surface area (Å²) < 4.78 is 0. The third-order valence-corrected chi connectivity index (χ3v) is 2.70. The van der Waals surface area contributed by atoms with Crippen LogP contribution in [0.1, 0.15) is 123 Å². The molecule has 0 amide bonds. The highest BCUT2D eigenvalue weighted by molar-refractivity contribution is 5.17. The van der Waals surface area contributed by atoms with Gasteiger partial charge in [-0.05, 0) is 35.4 Å². The SMILES string of the molecule is C.C.CC.CC.CC.CC(C)C.CC(C)C.CC(C)c1ccccc1.c1ccccc1.c1ccncc1. The zero-order valence-corrected chi connectivity index (χ0v) is 25.9. The Hall–Kier alpha value is -2.41. The Morgan fingerprint density at radius 3 is 0.757 bits per heavy atom. The molecule has 3 aromatic rings. The molecule has 1 heterocycles. The van der Waals surface area contributed by atoms with E-state index in [1.165, 1.54) is 5.56 Å². The molecule has 0 aliphatic rings. The molecule has 0 fully saturated rings. The quantitative estimate of drug-likeness (QED) is 0.314. The summed E-state index contributed by atoms with van der Waals surface area (Å²) in [6.45, 7) is 29.4. The van der Waals surface area contributed by atoms with Crippen LogP contribution in [0.25, 0.3) is 0 Å². The Balaban J connectivity index is -0.0000000586. The molecule has 2 aromatic carbocycles. The molecule has 0 saturated heterocycles. The van der Waals surface area contributed by atoms with Gasteiger partial charge in [-0.3, -0.25) is 4.98 Å². The molecule has 0 atom stereocenters. The smallest absolute Gasteiger partial charge is 0.0267 e. The van der Waals surface area contributed by atoms with Gasteiger partial charge in [0.1, 0.15) is 0 Å². The van der Waals surface area contributed by atoms with Crippen LogP contribution < -0.4 is 0 Å². The van der Waals surface area contributed by atoms with E-state index >= 15 is 0 Å². The van der Waals surface area contributed by atoms with E-state index in [1.54, 1.807) is 12.4 Å². The second kappa shape index (κ2) is 50.5. The number of hydrogen-bond acceptors (Lipinski definition) is 1. The molecule has 0 spiro atoms. The lowest BCUT2D eigenvalue weighted by atomic mass is 10.0. The van der Waals surface area contributed by atoms with Crippen molar-refractivity contribution in [2.75, 3.05) is 0 Å². The molecular weight excluding hydrogens is 446 g/mol. The van der Waals surface area contributed by atoms with Crippen LogP contribution in [-0.4, -0.2) is 4.98 Å². The summed E-state index contributed by atoms with van der Waals surface area (Å²) in [6, 6.07) is 28.2. The van der Waals surface area contributed by atoms with Crippen molar-refractivity contribution in [3.63, 3.8) is 0 Å². The predicted octanol–water partition coefficient (Wildman–Crippen LogP) is 13.3. The van der Waals surface area contributed by atoms with Gasteiger partial charge in [0.05, 0.1) is 0 Å². The van der Waals surface area contributed by atoms with Crippen molar-refractivity contribution in [1.82, 2.24) is 4.98 Å². The molecule has 0 saturated carbocycles. The highest BCUT2D eigenvalue weighted by Crippen LogP contribution is 2.11. The Morgan fingerprint density at radius 1 is 0.405 bits per heavy atom. The van der Waals surface area contributed by atoms with Gasteiger partial charge >= 0.3 is 0 Å². The summed E-state index contributed by atoms with van der Waals surface area (Å²) in [5, 5.41) is 0. The summed E-state index contributed by atoms with van der Waals surface area (Å²) in [7, 11) is 0. The minimum absolute atomic E-state index is 0. The summed E-state index contributed by atoms with van der Waals surface area (Å²) in [5.74, 6) is 2.33. The molecule has 0 unspecified atom stereocenters. The van der Waals surface area contributed by atoms with E-state index in [-0.39, 0.29) is 14.9 Å². The topological polar surface area (TPSA) is 12.9 Å². The normalized spacial score (nSPS) is 7.49. The van der Waals surface area contributed by atoms with Gasteiger partial charge < -0.3 is 0 Å². The van der Waals surface area contributed by atoms with Crippen molar-refractivity contribution in [2.24, 2.45) is 11.8 Å². The van der Waals surface area contributed by atoms with Crippen LogP contribution in [-0.2, 0) is 0 Å². The summed E-state index contributed by atoms with van der Waals surface area (Å²) >= 11 is 0. The maximum absolute atomic E-state index is 3.78. The Bertz CT molecular complexity index is 520. The van der Waals surface area contributed by atoms with Crippen molar-refractivity contribution < 1.29 is 0 Å². The van der Waals surface area contributed by atoms with Gasteiger partial charge in [0, 0.05) is 12.4 Å². The first kappa shape index (κ1) is 51.3. The molecule has 1 aromatic heterocycles. The lowest BCUT2D eigenvalue weighted by Gasteiger charge is -2.01. The molecule has 37 heavy (non-hydrogen) atoms. The Morgan fingerprint density at radius 2 is 0.622 bits per heavy atom. The van der Waals surface area contributed by atoms with Crippen molar-refractivity contribution in [1.29, 1.82) is 0 Å². The Labute approximate surface area is 237 Å². The van der Waals surface area contributed by atoms with Gasteiger partial charge in [0.25, 0.3) is 0 Å². The molecule has 0 aliphatic carbocycles. The third-order valence-electron chi connectivity index (χ3n) is 2.70. The van der Waals surface area contributed by atoms with Gasteiger partial charge in [0.15, 0.2) is 0 Å². The summed E-state index contributed by atoms with van der Waals surface area (Å²) in [5.41, 5.74) is 1.41. The maximum atomic E-state index is 3.78. The summed E-state index contributed by atoms with van der Waals surface area (Å²) in [6.07, 6.45) is 3.50. The molecule has 3 rings (SSSR count). The molecule has 1 heteroatoms. The van der Waals surface area contributed by atoms with E-state index in [0.29, 0.717) is 5.92 Å². The predicted molar refractivity (Wildman–Crippen MR) is 180 cm³/mol. The fourth-order valence-electron chi connectivity index (χ4n) is 1.54. The zero-order chi connectivity index (χ0) is 28.3. The van der Waals surface area contributed by atoms with Gasteiger partial charge in [-0.25, -0.2) is 0 Å². The minimum atomic E-state index is 0. The van der Waals surface area contributed by atoms with Crippen LogP contribution in [0.4, 0.5) is 0 Å². The maximum Gasteiger partial charge on any atom is 0.0267 e. The van der Waals surface area contributed by atoms with Crippen LogP contribution >= 0.6 is 0 Å². The van der Waals surface area contributed by atoms with E-state index in [4.69, 9.17) is 0 Å². The largest absolute Gasteiger partial charge is 0.265 e. The van der Waals surface area contributed by atoms with Gasteiger partial charge in [0.2, 0.25) is 0 Å².